The van der Waals surface area contributed by atoms with Gasteiger partial charge in [0, 0.05) is 37.3 Å². The quantitative estimate of drug-likeness (QED) is 0.594. The second kappa shape index (κ2) is 7.39. The molecule has 0 bridgehead atoms. The van der Waals surface area contributed by atoms with E-state index in [9.17, 15) is 33.0 Å². The number of aliphatic hydroxyl groups is 1. The number of alkyl halides is 3. The third kappa shape index (κ3) is 3.67. The van der Waals surface area contributed by atoms with Crippen molar-refractivity contribution < 1.29 is 33.0 Å². The van der Waals surface area contributed by atoms with E-state index in [1.165, 1.54) is 11.0 Å². The summed E-state index contributed by atoms with van der Waals surface area (Å²) >= 11 is 0. The number of amides is 1. The van der Waals surface area contributed by atoms with Crippen LogP contribution in [0.25, 0.3) is 16.8 Å². The number of carboxylic acid groups (broad SMARTS) is 1. The normalized spacial score (nSPS) is 18.7. The second-order valence-electron chi connectivity index (χ2n) is 7.43. The number of carboxylic acids is 1. The molecule has 1 amide bonds. The Labute approximate surface area is 179 Å². The molecular weight excluding hydrogens is 427 g/mol. The highest BCUT2D eigenvalue weighted by Crippen LogP contribution is 2.33. The van der Waals surface area contributed by atoms with E-state index < -0.39 is 35.0 Å². The Morgan fingerprint density at radius 1 is 1.25 bits per heavy atom. The average molecular weight is 443 g/mol. The van der Waals surface area contributed by atoms with Crippen LogP contribution in [0.15, 0.2) is 42.6 Å². The molecule has 2 aromatic heterocycles. The fourth-order valence-electron chi connectivity index (χ4n) is 3.51. The number of fused-ring (bicyclic) bond motifs is 1. The Hall–Kier alpha value is -3.84. The van der Waals surface area contributed by atoms with Gasteiger partial charge in [-0.3, -0.25) is 9.20 Å². The maximum atomic E-state index is 13.2. The largest absolute Gasteiger partial charge is 0.475 e. The van der Waals surface area contributed by atoms with E-state index in [1.54, 1.807) is 25.2 Å². The summed E-state index contributed by atoms with van der Waals surface area (Å²) in [5, 5.41) is 19.9. The van der Waals surface area contributed by atoms with Gasteiger partial charge in [-0.15, -0.1) is 0 Å². The van der Waals surface area contributed by atoms with Crippen LogP contribution in [-0.4, -0.2) is 55.6 Å². The molecule has 0 radical (unpaired) electrons. The van der Waals surface area contributed by atoms with Gasteiger partial charge in [-0.2, -0.15) is 13.2 Å². The van der Waals surface area contributed by atoms with Gasteiger partial charge in [0.15, 0.2) is 0 Å². The van der Waals surface area contributed by atoms with E-state index in [0.717, 1.165) is 22.7 Å². The van der Waals surface area contributed by atoms with Crippen LogP contribution in [0.5, 0.6) is 0 Å². The van der Waals surface area contributed by atoms with Gasteiger partial charge in [0.05, 0.1) is 16.8 Å². The van der Waals surface area contributed by atoms with Crippen LogP contribution in [0, 0.1) is 11.8 Å². The van der Waals surface area contributed by atoms with Crippen LogP contribution in [0.3, 0.4) is 0 Å². The van der Waals surface area contributed by atoms with Gasteiger partial charge < -0.3 is 15.1 Å². The van der Waals surface area contributed by atoms with E-state index in [4.69, 9.17) is 0 Å². The smallest absolute Gasteiger partial charge is 0.416 e. The number of hydrogen-bond donors (Lipinski definition) is 2. The number of halogens is 3. The SMILES string of the molecule is CN1CCC(O)(C#Cc2cccc(-c3nc(C(=O)O)n4ccc(C(F)(F)F)cc34)c2)C1=O. The number of carbonyl (C=O) groups is 2. The first-order valence-corrected chi connectivity index (χ1v) is 9.44. The highest BCUT2D eigenvalue weighted by molar-refractivity contribution is 5.91. The number of imidazole rings is 1. The number of hydrogen-bond acceptors (Lipinski definition) is 4. The van der Waals surface area contributed by atoms with Crippen LogP contribution in [0.4, 0.5) is 13.2 Å². The van der Waals surface area contributed by atoms with Crippen molar-refractivity contribution in [3.63, 3.8) is 0 Å². The lowest BCUT2D eigenvalue weighted by atomic mass is 10.0. The van der Waals surface area contributed by atoms with Crippen molar-refractivity contribution in [1.29, 1.82) is 0 Å². The molecule has 1 aliphatic heterocycles. The molecule has 32 heavy (non-hydrogen) atoms. The zero-order valence-corrected chi connectivity index (χ0v) is 16.6. The summed E-state index contributed by atoms with van der Waals surface area (Å²) in [5.41, 5.74) is -2.03. The number of carbonyl (C=O) groups excluding carboxylic acids is 1. The molecule has 1 aromatic carbocycles. The zero-order valence-electron chi connectivity index (χ0n) is 16.6. The minimum absolute atomic E-state index is 0.0337. The third-order valence-corrected chi connectivity index (χ3v) is 5.22. The predicted molar refractivity (Wildman–Crippen MR) is 107 cm³/mol. The molecule has 0 spiro atoms. The molecule has 1 fully saturated rings. The fourth-order valence-corrected chi connectivity index (χ4v) is 3.51. The molecule has 10 heteroatoms. The number of aromatic nitrogens is 2. The number of likely N-dealkylation sites (N-methyl/N-ethyl adjacent to an activating group) is 1. The summed E-state index contributed by atoms with van der Waals surface area (Å²) in [4.78, 5) is 29.0. The summed E-state index contributed by atoms with van der Waals surface area (Å²) in [7, 11) is 1.56. The number of likely N-dealkylation sites (tertiary alicyclic amines) is 1. The van der Waals surface area contributed by atoms with E-state index in [0.29, 0.717) is 17.7 Å². The zero-order chi connectivity index (χ0) is 23.3. The van der Waals surface area contributed by atoms with Crippen molar-refractivity contribution in [3.8, 4) is 23.1 Å². The average Bonchev–Trinajstić information content (AvgIpc) is 3.25. The van der Waals surface area contributed by atoms with Gasteiger partial charge in [-0.05, 0) is 24.3 Å². The van der Waals surface area contributed by atoms with Crippen LogP contribution < -0.4 is 0 Å². The molecule has 0 aliphatic carbocycles. The Bertz CT molecular complexity index is 1320. The van der Waals surface area contributed by atoms with Gasteiger partial charge in [0.1, 0.15) is 0 Å². The molecule has 3 aromatic rings. The summed E-state index contributed by atoms with van der Waals surface area (Å²) in [5.74, 6) is 2.95. The van der Waals surface area contributed by atoms with Crippen molar-refractivity contribution in [2.24, 2.45) is 0 Å². The summed E-state index contributed by atoms with van der Waals surface area (Å²) in [6, 6.07) is 7.86. The molecule has 7 nitrogen and oxygen atoms in total. The summed E-state index contributed by atoms with van der Waals surface area (Å²) < 4.78 is 40.7. The molecular formula is C22H16F3N3O4. The standard InChI is InChI=1S/C22H16F3N3O4/c1-27-10-8-21(32,20(27)31)7-5-13-3-2-4-14(11-13)17-16-12-15(22(23,24)25)6-9-28(16)18(26-17)19(29)30/h2-4,6,9,11-12,32H,8,10H2,1H3,(H,29,30). The third-order valence-electron chi connectivity index (χ3n) is 5.22. The Morgan fingerprint density at radius 3 is 2.62 bits per heavy atom. The topological polar surface area (TPSA) is 95.1 Å². The molecule has 164 valence electrons. The second-order valence-corrected chi connectivity index (χ2v) is 7.43. The van der Waals surface area contributed by atoms with Crippen LogP contribution >= 0.6 is 0 Å². The molecule has 4 rings (SSSR count). The van der Waals surface area contributed by atoms with Crippen LogP contribution in [0.1, 0.15) is 28.2 Å². The van der Waals surface area contributed by atoms with Gasteiger partial charge in [0.2, 0.25) is 11.4 Å². The maximum Gasteiger partial charge on any atom is 0.416 e. The van der Waals surface area contributed by atoms with Gasteiger partial charge in [-0.25, -0.2) is 9.78 Å². The monoisotopic (exact) mass is 443 g/mol. The van der Waals surface area contributed by atoms with E-state index in [1.807, 2.05) is 0 Å². The van der Waals surface area contributed by atoms with Gasteiger partial charge in [0.25, 0.3) is 5.91 Å². The Morgan fingerprint density at radius 2 is 2.00 bits per heavy atom. The first kappa shape index (κ1) is 21.4. The number of aromatic carboxylic acids is 1. The van der Waals surface area contributed by atoms with Crippen molar-refractivity contribution in [3.05, 3.63) is 59.5 Å². The lowest BCUT2D eigenvalue weighted by molar-refractivity contribution is -0.138. The maximum absolute atomic E-state index is 13.2. The summed E-state index contributed by atoms with van der Waals surface area (Å²) in [6.45, 7) is 0.365. The number of rotatable bonds is 2. The first-order chi connectivity index (χ1) is 15.0. The highest BCUT2D eigenvalue weighted by Gasteiger charge is 2.42. The van der Waals surface area contributed by atoms with E-state index >= 15 is 0 Å². The van der Waals surface area contributed by atoms with Crippen molar-refractivity contribution >= 4 is 17.4 Å². The first-order valence-electron chi connectivity index (χ1n) is 9.44. The number of pyridine rings is 1. The van der Waals surface area contributed by atoms with Crippen molar-refractivity contribution in [1.82, 2.24) is 14.3 Å². The lowest BCUT2D eigenvalue weighted by Gasteiger charge is -2.13. The van der Waals surface area contributed by atoms with Gasteiger partial charge in [-0.1, -0.05) is 24.0 Å². The Kier molecular flexibility index (Phi) is 4.94. The lowest BCUT2D eigenvalue weighted by Crippen LogP contribution is -2.37. The molecule has 1 saturated heterocycles. The van der Waals surface area contributed by atoms with E-state index in [-0.39, 0.29) is 17.6 Å². The molecule has 1 unspecified atom stereocenters. The fraction of sp³-hybridized carbons (Fsp3) is 0.227. The molecule has 3 heterocycles. The minimum Gasteiger partial charge on any atom is -0.475 e. The predicted octanol–water partition coefficient (Wildman–Crippen LogP) is 2.66. The van der Waals surface area contributed by atoms with Crippen LogP contribution in [-0.2, 0) is 11.0 Å². The molecule has 1 atom stereocenters. The van der Waals surface area contributed by atoms with Crippen LogP contribution in [0.2, 0.25) is 0 Å². The van der Waals surface area contributed by atoms with E-state index in [2.05, 4.69) is 16.8 Å². The minimum atomic E-state index is -4.61. The molecule has 1 aliphatic rings. The molecule has 0 saturated carbocycles. The highest BCUT2D eigenvalue weighted by atomic mass is 19.4. The number of benzene rings is 1. The Balaban J connectivity index is 1.81. The summed E-state index contributed by atoms with van der Waals surface area (Å²) in [6.07, 6.45) is -3.45. The number of nitrogens with zero attached hydrogens (tertiary/aromatic N) is 3. The molecule has 2 N–H and O–H groups in total. The van der Waals surface area contributed by atoms with Gasteiger partial charge >= 0.3 is 12.1 Å². The van der Waals surface area contributed by atoms with Crippen molar-refractivity contribution in [2.75, 3.05) is 13.6 Å². The van der Waals surface area contributed by atoms with Crippen molar-refractivity contribution in [2.45, 2.75) is 18.2 Å².